The number of anilines is 1. The average Bonchev–Trinajstić information content (AvgIpc) is 2.46. The number of nitrogens with two attached hydrogens (primary N) is 1. The predicted octanol–water partition coefficient (Wildman–Crippen LogP) is 3.15. The topological polar surface area (TPSA) is 51.4 Å². The Morgan fingerprint density at radius 2 is 1.95 bits per heavy atom. The van der Waals surface area contributed by atoms with Crippen molar-refractivity contribution in [2.45, 2.75) is 27.2 Å². The van der Waals surface area contributed by atoms with Gasteiger partial charge in [0.05, 0.1) is 12.6 Å². The van der Waals surface area contributed by atoms with Gasteiger partial charge in [-0.1, -0.05) is 13.8 Å². The van der Waals surface area contributed by atoms with Crippen molar-refractivity contribution in [3.05, 3.63) is 29.5 Å². The van der Waals surface area contributed by atoms with Gasteiger partial charge in [0, 0.05) is 36.4 Å². The number of hydrogen-bond donors (Lipinski definition) is 1. The summed E-state index contributed by atoms with van der Waals surface area (Å²) in [7, 11) is 5.84. The smallest absolute Gasteiger partial charge is 0.122 e. The summed E-state index contributed by atoms with van der Waals surface area (Å²) in [5, 5.41) is 1.16. The van der Waals surface area contributed by atoms with Gasteiger partial charge < -0.3 is 15.4 Å². The highest BCUT2D eigenvalue weighted by molar-refractivity contribution is 5.96. The van der Waals surface area contributed by atoms with Crippen molar-refractivity contribution >= 4 is 16.6 Å². The number of fused-ring (bicyclic) bond motifs is 1. The molecule has 0 saturated heterocycles. The van der Waals surface area contributed by atoms with Gasteiger partial charge in [-0.05, 0) is 43.5 Å². The van der Waals surface area contributed by atoms with E-state index in [4.69, 9.17) is 15.5 Å². The summed E-state index contributed by atoms with van der Waals surface area (Å²) >= 11 is 0. The summed E-state index contributed by atoms with van der Waals surface area (Å²) in [6.45, 7) is 7.02. The molecule has 1 heterocycles. The maximum atomic E-state index is 5.94. The molecule has 0 unspecified atom stereocenters. The fourth-order valence-corrected chi connectivity index (χ4v) is 2.76. The first-order valence-electron chi connectivity index (χ1n) is 7.63. The van der Waals surface area contributed by atoms with Gasteiger partial charge in [-0.25, -0.2) is 0 Å². The first-order chi connectivity index (χ1) is 10.3. The van der Waals surface area contributed by atoms with Gasteiger partial charge in [0.2, 0.25) is 0 Å². The van der Waals surface area contributed by atoms with E-state index in [1.807, 2.05) is 19.1 Å². The first kappa shape index (κ1) is 16.6. The van der Waals surface area contributed by atoms with Crippen LogP contribution in [0.1, 0.15) is 25.1 Å². The van der Waals surface area contributed by atoms with Gasteiger partial charge in [-0.15, -0.1) is 0 Å². The minimum atomic E-state index is 0.00995. The highest BCUT2D eigenvalue weighted by atomic mass is 16.5. The Balaban J connectivity index is 2.79. The normalized spacial score (nSPS) is 11.8. The van der Waals surface area contributed by atoms with E-state index in [1.165, 1.54) is 11.3 Å². The molecule has 1 aromatic carbocycles. The Hall–Kier alpha value is -1.81. The summed E-state index contributed by atoms with van der Waals surface area (Å²) in [6, 6.07) is 6.17. The van der Waals surface area contributed by atoms with Gasteiger partial charge in [-0.3, -0.25) is 4.98 Å². The molecule has 0 saturated carbocycles. The molecule has 0 spiro atoms. The molecule has 22 heavy (non-hydrogen) atoms. The molecule has 1 aromatic heterocycles. The number of aryl methyl sites for hydroxylation is 1. The van der Waals surface area contributed by atoms with E-state index in [9.17, 15) is 0 Å². The molecule has 0 amide bonds. The Morgan fingerprint density at radius 1 is 1.27 bits per heavy atom. The molecule has 4 heteroatoms. The van der Waals surface area contributed by atoms with Gasteiger partial charge in [0.25, 0.3) is 0 Å². The van der Waals surface area contributed by atoms with Crippen molar-refractivity contribution in [3.63, 3.8) is 0 Å². The van der Waals surface area contributed by atoms with Crippen LogP contribution in [0.4, 0.5) is 5.69 Å². The van der Waals surface area contributed by atoms with Crippen molar-refractivity contribution in [1.82, 2.24) is 4.98 Å². The van der Waals surface area contributed by atoms with Crippen LogP contribution in [0.15, 0.2) is 18.2 Å². The van der Waals surface area contributed by atoms with E-state index in [0.717, 1.165) is 28.8 Å². The number of hydrogen-bond acceptors (Lipinski definition) is 4. The van der Waals surface area contributed by atoms with Crippen LogP contribution in [0.3, 0.4) is 0 Å². The van der Waals surface area contributed by atoms with E-state index in [2.05, 4.69) is 38.9 Å². The van der Waals surface area contributed by atoms with Crippen molar-refractivity contribution in [3.8, 4) is 5.75 Å². The number of aromatic nitrogens is 1. The largest absolute Gasteiger partial charge is 0.496 e. The van der Waals surface area contributed by atoms with Crippen molar-refractivity contribution in [1.29, 1.82) is 0 Å². The summed E-state index contributed by atoms with van der Waals surface area (Å²) in [4.78, 5) is 6.83. The highest BCUT2D eigenvalue weighted by Crippen LogP contribution is 2.37. The van der Waals surface area contributed by atoms with Crippen molar-refractivity contribution in [2.24, 2.45) is 11.1 Å². The Kier molecular flexibility index (Phi) is 4.61. The number of pyridine rings is 1. The molecule has 0 atom stereocenters. The molecule has 4 nitrogen and oxygen atoms in total. The molecule has 0 radical (unpaired) electrons. The second-order valence-corrected chi connectivity index (χ2v) is 6.86. The number of methoxy groups -OCH3 is 1. The first-order valence-corrected chi connectivity index (χ1v) is 7.63. The van der Waals surface area contributed by atoms with Gasteiger partial charge in [0.15, 0.2) is 0 Å². The number of benzene rings is 1. The second-order valence-electron chi connectivity index (χ2n) is 6.86. The maximum Gasteiger partial charge on any atom is 0.122 e. The van der Waals surface area contributed by atoms with E-state index in [0.29, 0.717) is 6.54 Å². The van der Waals surface area contributed by atoms with E-state index < -0.39 is 0 Å². The molecular weight excluding hydrogens is 274 g/mol. The van der Waals surface area contributed by atoms with Crippen molar-refractivity contribution < 1.29 is 4.74 Å². The summed E-state index contributed by atoms with van der Waals surface area (Å²) < 4.78 is 5.62. The van der Waals surface area contributed by atoms with E-state index in [-0.39, 0.29) is 5.41 Å². The van der Waals surface area contributed by atoms with Gasteiger partial charge in [-0.2, -0.15) is 0 Å². The lowest BCUT2D eigenvalue weighted by atomic mass is 9.84. The lowest BCUT2D eigenvalue weighted by Crippen LogP contribution is -2.26. The predicted molar refractivity (Wildman–Crippen MR) is 93.9 cm³/mol. The number of rotatable bonds is 5. The minimum Gasteiger partial charge on any atom is -0.496 e. The van der Waals surface area contributed by atoms with Crippen molar-refractivity contribution in [2.75, 3.05) is 32.6 Å². The number of nitrogens with zero attached hydrogens (tertiary/aromatic N) is 2. The van der Waals surface area contributed by atoms with Crippen LogP contribution in [0.25, 0.3) is 10.9 Å². The zero-order chi connectivity index (χ0) is 16.5. The molecule has 2 rings (SSSR count). The molecule has 0 fully saturated rings. The van der Waals surface area contributed by atoms with Crippen LogP contribution in [0.2, 0.25) is 0 Å². The third kappa shape index (κ3) is 3.17. The molecule has 0 aliphatic rings. The quantitative estimate of drug-likeness (QED) is 0.921. The van der Waals surface area contributed by atoms with E-state index in [1.54, 1.807) is 7.11 Å². The summed E-state index contributed by atoms with van der Waals surface area (Å²) in [5.41, 5.74) is 10.3. The van der Waals surface area contributed by atoms with Gasteiger partial charge in [0.1, 0.15) is 5.75 Å². The summed E-state index contributed by atoms with van der Waals surface area (Å²) in [5.74, 6) is 0.905. The summed E-state index contributed by atoms with van der Waals surface area (Å²) in [6.07, 6.45) is 0.857. The fraction of sp³-hybridized carbons (Fsp3) is 0.500. The van der Waals surface area contributed by atoms with Crippen LogP contribution >= 0.6 is 0 Å². The Morgan fingerprint density at radius 3 is 2.50 bits per heavy atom. The molecule has 2 aromatic rings. The minimum absolute atomic E-state index is 0.00995. The van der Waals surface area contributed by atoms with E-state index >= 15 is 0 Å². The lowest BCUT2D eigenvalue weighted by molar-refractivity contribution is 0.360. The van der Waals surface area contributed by atoms with Crippen LogP contribution in [0, 0.1) is 12.3 Å². The second kappa shape index (κ2) is 6.13. The van der Waals surface area contributed by atoms with Crippen LogP contribution in [-0.4, -0.2) is 32.7 Å². The maximum absolute atomic E-state index is 5.94. The van der Waals surface area contributed by atoms with Crippen LogP contribution in [-0.2, 0) is 6.42 Å². The molecule has 0 aliphatic heterocycles. The Bertz CT molecular complexity index is 678. The third-order valence-corrected chi connectivity index (χ3v) is 4.06. The molecular formula is C18H27N3O. The van der Waals surface area contributed by atoms with Gasteiger partial charge >= 0.3 is 0 Å². The third-order valence-electron chi connectivity index (χ3n) is 4.06. The zero-order valence-electron chi connectivity index (χ0n) is 14.5. The molecule has 120 valence electrons. The standard InChI is InChI=1S/C18H27N3O/c1-12-9-15(21(4)5)17-13(10-18(2,3)11-19)16(22-6)8-7-14(17)20-12/h7-9H,10-11,19H2,1-6H3. The molecule has 2 N–H and O–H groups in total. The Labute approximate surface area is 133 Å². The monoisotopic (exact) mass is 301 g/mol. The van der Waals surface area contributed by atoms with Crippen LogP contribution < -0.4 is 15.4 Å². The molecule has 0 aliphatic carbocycles. The fourth-order valence-electron chi connectivity index (χ4n) is 2.76. The SMILES string of the molecule is COc1ccc2nc(C)cc(N(C)C)c2c1CC(C)(C)CN. The highest BCUT2D eigenvalue weighted by Gasteiger charge is 2.23. The average molecular weight is 301 g/mol. The zero-order valence-corrected chi connectivity index (χ0v) is 14.5. The number of ether oxygens (including phenoxy) is 1. The molecule has 0 bridgehead atoms. The lowest BCUT2D eigenvalue weighted by Gasteiger charge is -2.26. The van der Waals surface area contributed by atoms with Crippen LogP contribution in [0.5, 0.6) is 5.75 Å².